The Morgan fingerprint density at radius 1 is 1.38 bits per heavy atom. The Balaban J connectivity index is 4.08. The first-order valence-electron chi connectivity index (χ1n) is 6.55. The highest BCUT2D eigenvalue weighted by molar-refractivity contribution is 5.23. The summed E-state index contributed by atoms with van der Waals surface area (Å²) in [6.07, 6.45) is 8.21. The van der Waals surface area contributed by atoms with Crippen LogP contribution in [0.3, 0.4) is 0 Å². The quantitative estimate of drug-likeness (QED) is 0.418. The van der Waals surface area contributed by atoms with E-state index in [1.54, 1.807) is 0 Å². The van der Waals surface area contributed by atoms with Crippen molar-refractivity contribution in [3.63, 3.8) is 0 Å². The third-order valence-corrected chi connectivity index (χ3v) is 2.77. The van der Waals surface area contributed by atoms with E-state index in [4.69, 9.17) is 0 Å². The first-order valence-corrected chi connectivity index (χ1v) is 6.55. The van der Waals surface area contributed by atoms with Crippen LogP contribution in [-0.2, 0) is 0 Å². The summed E-state index contributed by atoms with van der Waals surface area (Å²) in [5, 5.41) is 6.17. The molecule has 0 aliphatic rings. The normalized spacial score (nSPS) is 11.9. The molecule has 0 radical (unpaired) electrons. The van der Waals surface area contributed by atoms with Gasteiger partial charge >= 0.3 is 0 Å². The molecule has 0 aromatic rings. The average molecular weight is 224 g/mol. The van der Waals surface area contributed by atoms with Gasteiger partial charge in [0.25, 0.3) is 0 Å². The molecule has 0 saturated carbocycles. The van der Waals surface area contributed by atoms with E-state index in [-0.39, 0.29) is 0 Å². The van der Waals surface area contributed by atoms with Crippen LogP contribution in [0.4, 0.5) is 0 Å². The van der Waals surface area contributed by atoms with E-state index in [0.29, 0.717) is 0 Å². The summed E-state index contributed by atoms with van der Waals surface area (Å²) in [7, 11) is 0. The predicted octanol–water partition coefficient (Wildman–Crippen LogP) is 4.43. The lowest BCUT2D eigenvalue weighted by Gasteiger charge is -2.21. The van der Waals surface area contributed by atoms with Crippen molar-refractivity contribution < 1.29 is 0 Å². The summed E-state index contributed by atoms with van der Waals surface area (Å²) in [5.41, 5.74) is 1.32. The van der Waals surface area contributed by atoms with Crippen molar-refractivity contribution in [2.24, 2.45) is 11.0 Å². The Hall–Kier alpha value is -0.790. The zero-order valence-electron chi connectivity index (χ0n) is 11.5. The van der Waals surface area contributed by atoms with Crippen molar-refractivity contribution >= 4 is 6.72 Å². The van der Waals surface area contributed by atoms with Gasteiger partial charge in [-0.3, -0.25) is 5.01 Å². The van der Waals surface area contributed by atoms with Crippen molar-refractivity contribution in [1.82, 2.24) is 5.01 Å². The van der Waals surface area contributed by atoms with E-state index in [9.17, 15) is 0 Å². The molecule has 2 nitrogen and oxygen atoms in total. The second-order valence-corrected chi connectivity index (χ2v) is 4.68. The molecule has 0 aromatic carbocycles. The van der Waals surface area contributed by atoms with Gasteiger partial charge in [0.2, 0.25) is 0 Å². The van der Waals surface area contributed by atoms with Crippen LogP contribution in [0.1, 0.15) is 59.8 Å². The largest absolute Gasteiger partial charge is 0.271 e. The molecule has 0 aromatic heterocycles. The highest BCUT2D eigenvalue weighted by atomic mass is 15.4. The molecule has 0 amide bonds. The van der Waals surface area contributed by atoms with Gasteiger partial charge in [-0.15, -0.1) is 0 Å². The summed E-state index contributed by atoms with van der Waals surface area (Å²) in [6, 6.07) is 0. The van der Waals surface area contributed by atoms with E-state index in [2.05, 4.69) is 50.6 Å². The summed E-state index contributed by atoms with van der Waals surface area (Å²) >= 11 is 0. The molecule has 0 aliphatic carbocycles. The Bertz CT molecular complexity index is 207. The van der Waals surface area contributed by atoms with Crippen LogP contribution in [-0.4, -0.2) is 18.3 Å². The van der Waals surface area contributed by atoms with E-state index < -0.39 is 0 Å². The van der Waals surface area contributed by atoms with Gasteiger partial charge in [-0.05, 0) is 32.1 Å². The van der Waals surface area contributed by atoms with Crippen LogP contribution in [0.5, 0.6) is 0 Å². The zero-order chi connectivity index (χ0) is 12.4. The molecule has 0 rings (SSSR count). The molecular weight excluding hydrogens is 196 g/mol. The van der Waals surface area contributed by atoms with Crippen LogP contribution in [0.25, 0.3) is 0 Å². The zero-order valence-corrected chi connectivity index (χ0v) is 11.5. The fourth-order valence-corrected chi connectivity index (χ4v) is 1.73. The maximum absolute atomic E-state index is 4.11. The molecule has 0 aliphatic heterocycles. The van der Waals surface area contributed by atoms with Crippen LogP contribution in [0, 0.1) is 5.92 Å². The van der Waals surface area contributed by atoms with Crippen LogP contribution in [0.2, 0.25) is 0 Å². The maximum Gasteiger partial charge on any atom is 0.0411 e. The molecule has 0 saturated heterocycles. The van der Waals surface area contributed by atoms with E-state index in [0.717, 1.165) is 18.9 Å². The number of allylic oxidation sites excluding steroid dienone is 2. The van der Waals surface area contributed by atoms with Gasteiger partial charge in [0.05, 0.1) is 0 Å². The second kappa shape index (κ2) is 9.44. The number of hydrogen-bond acceptors (Lipinski definition) is 2. The van der Waals surface area contributed by atoms with E-state index in [1.807, 2.05) is 0 Å². The third-order valence-electron chi connectivity index (χ3n) is 2.77. The summed E-state index contributed by atoms with van der Waals surface area (Å²) < 4.78 is 0. The number of hydrazone groups is 1. The highest BCUT2D eigenvalue weighted by Crippen LogP contribution is 2.16. The summed E-state index contributed by atoms with van der Waals surface area (Å²) in [5.74, 6) is 0.791. The summed E-state index contributed by atoms with van der Waals surface area (Å²) in [6.45, 7) is 13.5. The average Bonchev–Trinajstić information content (AvgIpc) is 2.27. The van der Waals surface area contributed by atoms with Crippen molar-refractivity contribution in [3.8, 4) is 0 Å². The van der Waals surface area contributed by atoms with Gasteiger partial charge in [-0.1, -0.05) is 39.7 Å². The number of hydrogen-bond donors (Lipinski definition) is 0. The fraction of sp³-hybridized carbons (Fsp3) is 0.786. The molecule has 0 N–H and O–H groups in total. The van der Waals surface area contributed by atoms with Gasteiger partial charge in [-0.25, -0.2) is 0 Å². The van der Waals surface area contributed by atoms with E-state index >= 15 is 0 Å². The molecule has 94 valence electrons. The van der Waals surface area contributed by atoms with Gasteiger partial charge in [0.15, 0.2) is 0 Å². The lowest BCUT2D eigenvalue weighted by Crippen LogP contribution is -2.17. The molecule has 0 atom stereocenters. The Kier molecular flexibility index (Phi) is 8.97. The minimum Gasteiger partial charge on any atom is -0.271 e. The molecular formula is C14H28N2. The molecule has 0 bridgehead atoms. The van der Waals surface area contributed by atoms with E-state index in [1.165, 1.54) is 31.4 Å². The predicted molar refractivity (Wildman–Crippen MR) is 73.6 cm³/mol. The highest BCUT2D eigenvalue weighted by Gasteiger charge is 2.06. The van der Waals surface area contributed by atoms with Gasteiger partial charge < -0.3 is 0 Å². The lowest BCUT2D eigenvalue weighted by atomic mass is 10.0. The number of unbranched alkanes of at least 4 members (excludes halogenated alkanes) is 1. The molecule has 0 heterocycles. The minimum absolute atomic E-state index is 0.791. The van der Waals surface area contributed by atoms with Crippen LogP contribution in [0.15, 0.2) is 16.9 Å². The third kappa shape index (κ3) is 6.65. The molecule has 2 heteroatoms. The smallest absolute Gasteiger partial charge is 0.0411 e. The van der Waals surface area contributed by atoms with Gasteiger partial charge in [-0.2, -0.15) is 5.10 Å². The van der Waals surface area contributed by atoms with Crippen molar-refractivity contribution in [2.45, 2.75) is 59.8 Å². The molecule has 0 unspecified atom stereocenters. The molecule has 0 spiro atoms. The SMILES string of the molecule is C=NN(CCCC)/C(=C\C)CCCC(C)C. The first kappa shape index (κ1) is 15.2. The Labute approximate surface area is 101 Å². The minimum atomic E-state index is 0.791. The van der Waals surface area contributed by atoms with Crippen molar-refractivity contribution in [1.29, 1.82) is 0 Å². The Morgan fingerprint density at radius 3 is 2.50 bits per heavy atom. The van der Waals surface area contributed by atoms with Gasteiger partial charge in [0.1, 0.15) is 0 Å². The number of rotatable bonds is 9. The van der Waals surface area contributed by atoms with Crippen LogP contribution >= 0.6 is 0 Å². The standard InChI is InChI=1S/C14H28N2/c1-6-8-12-16(15-5)14(7-2)11-9-10-13(3)4/h7,13H,5-6,8-12H2,1-4H3/b14-7-. The second-order valence-electron chi connectivity index (χ2n) is 4.68. The first-order chi connectivity index (χ1) is 7.65. The van der Waals surface area contributed by atoms with Crippen molar-refractivity contribution in [3.05, 3.63) is 11.8 Å². The summed E-state index contributed by atoms with van der Waals surface area (Å²) in [4.78, 5) is 0. The fourth-order valence-electron chi connectivity index (χ4n) is 1.73. The number of nitrogens with zero attached hydrogens (tertiary/aromatic N) is 2. The molecule has 0 fully saturated rings. The molecule has 16 heavy (non-hydrogen) atoms. The lowest BCUT2D eigenvalue weighted by molar-refractivity contribution is 0.339. The van der Waals surface area contributed by atoms with Crippen molar-refractivity contribution in [2.75, 3.05) is 6.54 Å². The monoisotopic (exact) mass is 224 g/mol. The maximum atomic E-state index is 4.11. The van der Waals surface area contributed by atoms with Gasteiger partial charge in [0, 0.05) is 19.0 Å². The Morgan fingerprint density at radius 2 is 2.06 bits per heavy atom. The van der Waals surface area contributed by atoms with Crippen LogP contribution < -0.4 is 0 Å². The topological polar surface area (TPSA) is 15.6 Å².